The molecule has 138 valence electrons. The second kappa shape index (κ2) is 10.2. The van der Waals surface area contributed by atoms with Crippen LogP contribution in [0.4, 0.5) is 0 Å². The van der Waals surface area contributed by atoms with Gasteiger partial charge >= 0.3 is 0 Å². The molecule has 0 spiro atoms. The van der Waals surface area contributed by atoms with Crippen LogP contribution in [0.25, 0.3) is 11.6 Å². The van der Waals surface area contributed by atoms with Crippen LogP contribution in [0, 0.1) is 0 Å². The van der Waals surface area contributed by atoms with Crippen LogP contribution in [-0.4, -0.2) is 34.7 Å². The van der Waals surface area contributed by atoms with E-state index in [1.807, 2.05) is 36.4 Å². The quantitative estimate of drug-likeness (QED) is 0.283. The van der Waals surface area contributed by atoms with Crippen molar-refractivity contribution in [1.82, 2.24) is 25.8 Å². The number of rotatable bonds is 6. The summed E-state index contributed by atoms with van der Waals surface area (Å²) in [6, 6.07) is 11.3. The van der Waals surface area contributed by atoms with Gasteiger partial charge in [-0.05, 0) is 29.8 Å². The Hall–Kier alpha value is -2.07. The van der Waals surface area contributed by atoms with Crippen LogP contribution < -0.4 is 10.6 Å². The molecule has 0 radical (unpaired) electrons. The van der Waals surface area contributed by atoms with E-state index in [4.69, 9.17) is 16.0 Å². The zero-order valence-electron chi connectivity index (χ0n) is 14.2. The van der Waals surface area contributed by atoms with Crippen LogP contribution in [0.1, 0.15) is 11.4 Å². The van der Waals surface area contributed by atoms with Gasteiger partial charge in [0.15, 0.2) is 11.7 Å². The van der Waals surface area contributed by atoms with E-state index < -0.39 is 0 Å². The molecule has 3 rings (SSSR count). The third-order valence-corrected chi connectivity index (χ3v) is 3.74. The molecular weight excluding hydrogens is 467 g/mol. The zero-order valence-corrected chi connectivity index (χ0v) is 17.3. The number of benzene rings is 1. The van der Waals surface area contributed by atoms with Crippen LogP contribution in [0.3, 0.4) is 0 Å². The van der Waals surface area contributed by atoms with E-state index in [2.05, 4.69) is 30.8 Å². The van der Waals surface area contributed by atoms with Crippen molar-refractivity contribution >= 4 is 41.5 Å². The maximum Gasteiger partial charge on any atom is 0.216 e. The highest BCUT2D eigenvalue weighted by Gasteiger charge is 2.08. The van der Waals surface area contributed by atoms with E-state index in [1.165, 1.54) is 0 Å². The van der Waals surface area contributed by atoms with Crippen LogP contribution in [0.2, 0.25) is 5.02 Å². The van der Waals surface area contributed by atoms with E-state index in [0.717, 1.165) is 16.4 Å². The summed E-state index contributed by atoms with van der Waals surface area (Å²) in [7, 11) is 1.73. The maximum atomic E-state index is 5.99. The van der Waals surface area contributed by atoms with Crippen molar-refractivity contribution in [3.05, 3.63) is 59.1 Å². The molecule has 0 aliphatic rings. The van der Waals surface area contributed by atoms with Gasteiger partial charge in [0, 0.05) is 31.6 Å². The summed E-state index contributed by atoms with van der Waals surface area (Å²) in [6.07, 6.45) is 2.29. The van der Waals surface area contributed by atoms with Crippen molar-refractivity contribution in [2.24, 2.45) is 4.99 Å². The molecule has 0 aliphatic heterocycles. The zero-order chi connectivity index (χ0) is 17.5. The van der Waals surface area contributed by atoms with Crippen LogP contribution in [0.15, 0.2) is 52.1 Å². The Morgan fingerprint density at radius 1 is 1.27 bits per heavy atom. The summed E-state index contributed by atoms with van der Waals surface area (Å²) >= 11 is 5.99. The van der Waals surface area contributed by atoms with Gasteiger partial charge in [0.1, 0.15) is 5.82 Å². The highest BCUT2D eigenvalue weighted by Crippen LogP contribution is 2.14. The lowest BCUT2D eigenvalue weighted by Crippen LogP contribution is -2.37. The van der Waals surface area contributed by atoms with Gasteiger partial charge < -0.3 is 15.1 Å². The van der Waals surface area contributed by atoms with E-state index in [-0.39, 0.29) is 24.0 Å². The summed E-state index contributed by atoms with van der Waals surface area (Å²) < 4.78 is 5.28. The van der Waals surface area contributed by atoms with Crippen molar-refractivity contribution < 1.29 is 4.42 Å². The number of guanidine groups is 1. The molecule has 0 unspecified atom stereocenters. The topological polar surface area (TPSA) is 91.1 Å². The number of aromatic amines is 1. The first-order chi connectivity index (χ1) is 12.2. The number of aliphatic imine (C=N–C) groups is 1. The molecule has 1 aromatic carbocycles. The lowest BCUT2D eigenvalue weighted by Gasteiger charge is -2.11. The van der Waals surface area contributed by atoms with E-state index >= 15 is 0 Å². The number of hydrogen-bond donors (Lipinski definition) is 3. The SMILES string of the molecule is CN=C(NCCc1nc(-c2ccco2)n[nH]1)NCc1cccc(Cl)c1.I. The normalized spacial score (nSPS) is 11.1. The highest BCUT2D eigenvalue weighted by molar-refractivity contribution is 14.0. The molecule has 0 saturated carbocycles. The Balaban J connectivity index is 0.00000243. The predicted molar refractivity (Wildman–Crippen MR) is 113 cm³/mol. The fraction of sp³-hybridized carbons (Fsp3) is 0.235. The molecule has 0 atom stereocenters. The number of H-pyrrole nitrogens is 1. The molecule has 0 amide bonds. The number of nitrogens with one attached hydrogen (secondary N) is 3. The van der Waals surface area contributed by atoms with E-state index in [0.29, 0.717) is 37.1 Å². The molecule has 0 aliphatic carbocycles. The molecule has 2 aromatic heterocycles. The van der Waals surface area contributed by atoms with Gasteiger partial charge in [-0.3, -0.25) is 10.1 Å². The van der Waals surface area contributed by atoms with Gasteiger partial charge in [0.2, 0.25) is 5.82 Å². The number of hydrogen-bond acceptors (Lipinski definition) is 4. The first-order valence-electron chi connectivity index (χ1n) is 7.88. The van der Waals surface area contributed by atoms with E-state index in [1.54, 1.807) is 13.3 Å². The number of halogens is 2. The van der Waals surface area contributed by atoms with Gasteiger partial charge in [0.05, 0.1) is 6.26 Å². The molecule has 0 saturated heterocycles. The second-order valence-corrected chi connectivity index (χ2v) is 5.75. The summed E-state index contributed by atoms with van der Waals surface area (Å²) in [6.45, 7) is 1.31. The Kier molecular flexibility index (Phi) is 7.92. The lowest BCUT2D eigenvalue weighted by molar-refractivity contribution is 0.577. The fourth-order valence-corrected chi connectivity index (χ4v) is 2.49. The molecular formula is C17H20ClIN6O. The van der Waals surface area contributed by atoms with E-state index in [9.17, 15) is 0 Å². The molecule has 9 heteroatoms. The summed E-state index contributed by atoms with van der Waals surface area (Å²) in [5, 5.41) is 14.3. The average molecular weight is 487 g/mol. The number of furan rings is 1. The number of aromatic nitrogens is 3. The summed E-state index contributed by atoms with van der Waals surface area (Å²) in [4.78, 5) is 8.61. The van der Waals surface area contributed by atoms with Crippen LogP contribution in [-0.2, 0) is 13.0 Å². The Bertz CT molecular complexity index is 833. The predicted octanol–water partition coefficient (Wildman–Crippen LogP) is 3.24. The Morgan fingerprint density at radius 2 is 2.15 bits per heavy atom. The van der Waals surface area contributed by atoms with Gasteiger partial charge in [-0.25, -0.2) is 4.98 Å². The van der Waals surface area contributed by atoms with Gasteiger partial charge in [-0.1, -0.05) is 23.7 Å². The Morgan fingerprint density at radius 3 is 2.88 bits per heavy atom. The summed E-state index contributed by atoms with van der Waals surface area (Å²) in [5.74, 6) is 2.70. The van der Waals surface area contributed by atoms with Gasteiger partial charge in [-0.2, -0.15) is 5.10 Å². The van der Waals surface area contributed by atoms with Crippen molar-refractivity contribution in [3.8, 4) is 11.6 Å². The van der Waals surface area contributed by atoms with Gasteiger partial charge in [0.25, 0.3) is 0 Å². The van der Waals surface area contributed by atoms with Crippen molar-refractivity contribution in [3.63, 3.8) is 0 Å². The third kappa shape index (κ3) is 5.73. The first-order valence-corrected chi connectivity index (χ1v) is 8.26. The van der Waals surface area contributed by atoms with Crippen molar-refractivity contribution in [2.75, 3.05) is 13.6 Å². The molecule has 26 heavy (non-hydrogen) atoms. The Labute approximate surface area is 173 Å². The minimum atomic E-state index is 0. The molecule has 7 nitrogen and oxygen atoms in total. The second-order valence-electron chi connectivity index (χ2n) is 5.32. The smallest absolute Gasteiger partial charge is 0.216 e. The van der Waals surface area contributed by atoms with Crippen molar-refractivity contribution in [2.45, 2.75) is 13.0 Å². The highest BCUT2D eigenvalue weighted by atomic mass is 127. The molecule has 2 heterocycles. The van der Waals surface area contributed by atoms with Gasteiger partial charge in [-0.15, -0.1) is 24.0 Å². The largest absolute Gasteiger partial charge is 0.461 e. The minimum absolute atomic E-state index is 0. The minimum Gasteiger partial charge on any atom is -0.461 e. The summed E-state index contributed by atoms with van der Waals surface area (Å²) in [5.41, 5.74) is 1.09. The van der Waals surface area contributed by atoms with Crippen LogP contribution >= 0.6 is 35.6 Å². The monoisotopic (exact) mass is 486 g/mol. The lowest BCUT2D eigenvalue weighted by atomic mass is 10.2. The van der Waals surface area contributed by atoms with Crippen molar-refractivity contribution in [1.29, 1.82) is 0 Å². The molecule has 3 N–H and O–H groups in total. The molecule has 0 bridgehead atoms. The molecule has 0 fully saturated rings. The average Bonchev–Trinajstić information content (AvgIpc) is 3.29. The van der Waals surface area contributed by atoms with Crippen LogP contribution in [0.5, 0.6) is 0 Å². The maximum absolute atomic E-state index is 5.99. The number of nitrogens with zero attached hydrogens (tertiary/aromatic N) is 3. The molecule has 3 aromatic rings. The third-order valence-electron chi connectivity index (χ3n) is 3.50. The fourth-order valence-electron chi connectivity index (χ4n) is 2.28. The first kappa shape index (κ1) is 20.2. The standard InChI is InChI=1S/C17H19ClN6O.HI/c1-19-17(21-11-12-4-2-5-13(18)10-12)20-8-7-15-22-16(24-23-15)14-6-3-9-25-14;/h2-6,9-10H,7-8,11H2,1H3,(H2,19,20,21)(H,22,23,24);1H.